The molecule has 0 amide bonds. The van der Waals surface area contributed by atoms with Crippen LogP contribution in [-0.2, 0) is 11.2 Å². The van der Waals surface area contributed by atoms with Gasteiger partial charge in [0.2, 0.25) is 0 Å². The van der Waals surface area contributed by atoms with Crippen LogP contribution in [0.4, 0.5) is 0 Å². The van der Waals surface area contributed by atoms with Gasteiger partial charge >= 0.3 is 5.97 Å². The van der Waals surface area contributed by atoms with E-state index < -0.39 is 11.2 Å². The quantitative estimate of drug-likeness (QED) is 0.488. The molecule has 0 atom stereocenters. The normalized spacial score (nSPS) is 9.95. The van der Waals surface area contributed by atoms with Crippen molar-refractivity contribution in [2.45, 2.75) is 6.42 Å². The molecule has 0 spiro atoms. The van der Waals surface area contributed by atoms with Crippen LogP contribution in [0.3, 0.4) is 0 Å². The molecule has 0 aromatic heterocycles. The smallest absolute Gasteiger partial charge is 0.315 e. The fourth-order valence-corrected chi connectivity index (χ4v) is 1.86. The van der Waals surface area contributed by atoms with Crippen molar-refractivity contribution in [2.75, 3.05) is 0 Å². The first-order valence-electron chi connectivity index (χ1n) is 5.70. The summed E-state index contributed by atoms with van der Waals surface area (Å²) in [4.78, 5) is 23.0. The van der Waals surface area contributed by atoms with Crippen LogP contribution in [-0.4, -0.2) is 11.2 Å². The Labute approximate surface area is 115 Å². The van der Waals surface area contributed by atoms with Crippen molar-refractivity contribution in [3.63, 3.8) is 0 Å². The monoisotopic (exact) mass is 274 g/mol. The van der Waals surface area contributed by atoms with E-state index in [1.54, 1.807) is 48.5 Å². The minimum absolute atomic E-state index is 0.00350. The summed E-state index contributed by atoms with van der Waals surface area (Å²) in [5, 5.41) is -0.580. The summed E-state index contributed by atoms with van der Waals surface area (Å²) in [5.41, 5.74) is 0.887. The molecule has 2 rings (SSSR count). The van der Waals surface area contributed by atoms with Crippen LogP contribution in [0, 0.1) is 0 Å². The van der Waals surface area contributed by atoms with Crippen LogP contribution >= 0.6 is 11.6 Å². The second kappa shape index (κ2) is 6.16. The minimum Gasteiger partial charge on any atom is -0.426 e. The van der Waals surface area contributed by atoms with Crippen molar-refractivity contribution in [1.82, 2.24) is 0 Å². The molecule has 2 aromatic carbocycles. The van der Waals surface area contributed by atoms with Gasteiger partial charge in [0.25, 0.3) is 5.24 Å². The molecule has 2 aromatic rings. The van der Waals surface area contributed by atoms with E-state index in [-0.39, 0.29) is 6.42 Å². The van der Waals surface area contributed by atoms with Crippen molar-refractivity contribution < 1.29 is 14.3 Å². The number of halogens is 1. The average molecular weight is 275 g/mol. The number of benzene rings is 2. The van der Waals surface area contributed by atoms with Crippen molar-refractivity contribution in [3.05, 3.63) is 65.7 Å². The SMILES string of the molecule is O=C(Cc1ccccc1C(=O)Cl)Oc1ccccc1. The highest BCUT2D eigenvalue weighted by Crippen LogP contribution is 2.14. The number of para-hydroxylation sites is 1. The number of carbonyl (C=O) groups excluding carboxylic acids is 2. The number of hydrogen-bond acceptors (Lipinski definition) is 3. The number of hydrogen-bond donors (Lipinski definition) is 0. The van der Waals surface area contributed by atoms with Crippen LogP contribution < -0.4 is 4.74 Å². The predicted molar refractivity (Wildman–Crippen MR) is 72.4 cm³/mol. The van der Waals surface area contributed by atoms with Crippen LogP contribution in [0.2, 0.25) is 0 Å². The maximum absolute atomic E-state index is 11.8. The highest BCUT2D eigenvalue weighted by Gasteiger charge is 2.13. The Morgan fingerprint density at radius 1 is 0.947 bits per heavy atom. The molecule has 0 radical (unpaired) electrons. The number of carbonyl (C=O) groups is 2. The van der Waals surface area contributed by atoms with E-state index in [1.165, 1.54) is 0 Å². The summed E-state index contributed by atoms with van der Waals surface area (Å²) < 4.78 is 5.16. The zero-order valence-electron chi connectivity index (χ0n) is 10.0. The summed E-state index contributed by atoms with van der Waals surface area (Å²) in [6.07, 6.45) is 0.00350. The lowest BCUT2D eigenvalue weighted by Gasteiger charge is -2.06. The van der Waals surface area contributed by atoms with Crippen LogP contribution in [0.25, 0.3) is 0 Å². The molecule has 0 saturated heterocycles. The Hall–Kier alpha value is -2.13. The first-order valence-corrected chi connectivity index (χ1v) is 6.08. The fourth-order valence-electron chi connectivity index (χ4n) is 1.68. The van der Waals surface area contributed by atoms with Gasteiger partial charge in [-0.05, 0) is 35.4 Å². The van der Waals surface area contributed by atoms with Gasteiger partial charge in [0, 0.05) is 5.56 Å². The van der Waals surface area contributed by atoms with Gasteiger partial charge < -0.3 is 4.74 Å². The average Bonchev–Trinajstić information content (AvgIpc) is 2.40. The van der Waals surface area contributed by atoms with Crippen LogP contribution in [0.5, 0.6) is 5.75 Å². The highest BCUT2D eigenvalue weighted by molar-refractivity contribution is 6.67. The van der Waals surface area contributed by atoms with E-state index >= 15 is 0 Å². The molecule has 0 aliphatic carbocycles. The molecule has 0 bridgehead atoms. The van der Waals surface area contributed by atoms with Crippen LogP contribution in [0.15, 0.2) is 54.6 Å². The van der Waals surface area contributed by atoms with Gasteiger partial charge in [-0.2, -0.15) is 0 Å². The van der Waals surface area contributed by atoms with E-state index in [0.717, 1.165) is 0 Å². The Morgan fingerprint density at radius 3 is 2.26 bits per heavy atom. The van der Waals surface area contributed by atoms with E-state index in [2.05, 4.69) is 0 Å². The van der Waals surface area contributed by atoms with Gasteiger partial charge in [0.1, 0.15) is 5.75 Å². The second-order valence-corrected chi connectivity index (χ2v) is 4.24. The standard InChI is InChI=1S/C15H11ClO3/c16-15(18)13-9-5-4-6-11(13)10-14(17)19-12-7-2-1-3-8-12/h1-9H,10H2. The summed E-state index contributed by atoms with van der Waals surface area (Å²) in [7, 11) is 0. The third kappa shape index (κ3) is 3.66. The number of ether oxygens (including phenoxy) is 1. The molecule has 3 nitrogen and oxygen atoms in total. The Balaban J connectivity index is 2.09. The topological polar surface area (TPSA) is 43.4 Å². The van der Waals surface area contributed by atoms with E-state index in [9.17, 15) is 9.59 Å². The molecule has 0 aliphatic heterocycles. The fraction of sp³-hybridized carbons (Fsp3) is 0.0667. The van der Waals surface area contributed by atoms with Crippen molar-refractivity contribution in [3.8, 4) is 5.75 Å². The Kier molecular flexibility index (Phi) is 4.31. The van der Waals surface area contributed by atoms with Crippen LogP contribution in [0.1, 0.15) is 15.9 Å². The predicted octanol–water partition coefficient (Wildman–Crippen LogP) is 3.21. The molecule has 4 heteroatoms. The summed E-state index contributed by atoms with van der Waals surface area (Å²) >= 11 is 5.46. The molecular weight excluding hydrogens is 264 g/mol. The van der Waals surface area contributed by atoms with Gasteiger partial charge in [-0.1, -0.05) is 36.4 Å². The zero-order chi connectivity index (χ0) is 13.7. The number of esters is 1. The largest absolute Gasteiger partial charge is 0.426 e. The first-order chi connectivity index (χ1) is 9.16. The van der Waals surface area contributed by atoms with Crippen molar-refractivity contribution >= 4 is 22.8 Å². The molecule has 0 aliphatic rings. The van der Waals surface area contributed by atoms with E-state index in [1.807, 2.05) is 6.07 Å². The van der Waals surface area contributed by atoms with Gasteiger partial charge in [0.15, 0.2) is 0 Å². The van der Waals surface area contributed by atoms with E-state index in [4.69, 9.17) is 16.3 Å². The van der Waals surface area contributed by atoms with Crippen molar-refractivity contribution in [1.29, 1.82) is 0 Å². The third-order valence-corrected chi connectivity index (χ3v) is 2.74. The van der Waals surface area contributed by atoms with Gasteiger partial charge in [-0.3, -0.25) is 9.59 Å². The lowest BCUT2D eigenvalue weighted by molar-refractivity contribution is -0.133. The molecular formula is C15H11ClO3. The molecule has 19 heavy (non-hydrogen) atoms. The summed E-state index contributed by atoms with van der Waals surface area (Å²) in [6.45, 7) is 0. The third-order valence-electron chi connectivity index (χ3n) is 2.54. The number of rotatable bonds is 4. The summed E-state index contributed by atoms with van der Waals surface area (Å²) in [6, 6.07) is 15.5. The van der Waals surface area contributed by atoms with E-state index in [0.29, 0.717) is 16.9 Å². The Bertz CT molecular complexity index is 593. The Morgan fingerprint density at radius 2 is 1.58 bits per heavy atom. The molecule has 0 N–H and O–H groups in total. The summed E-state index contributed by atoms with van der Waals surface area (Å²) in [5.74, 6) is 0.0405. The molecule has 0 saturated carbocycles. The maximum Gasteiger partial charge on any atom is 0.315 e. The molecule has 0 fully saturated rings. The zero-order valence-corrected chi connectivity index (χ0v) is 10.8. The maximum atomic E-state index is 11.8. The minimum atomic E-state index is -0.580. The highest BCUT2D eigenvalue weighted by atomic mass is 35.5. The molecule has 96 valence electrons. The van der Waals surface area contributed by atoms with Gasteiger partial charge in [-0.15, -0.1) is 0 Å². The van der Waals surface area contributed by atoms with Crippen molar-refractivity contribution in [2.24, 2.45) is 0 Å². The second-order valence-electron chi connectivity index (χ2n) is 3.89. The van der Waals surface area contributed by atoms with Gasteiger partial charge in [0.05, 0.1) is 6.42 Å². The first kappa shape index (κ1) is 13.3. The lowest BCUT2D eigenvalue weighted by Crippen LogP contribution is -2.13. The lowest BCUT2D eigenvalue weighted by atomic mass is 10.1. The molecule has 0 heterocycles. The molecule has 0 unspecified atom stereocenters. The van der Waals surface area contributed by atoms with Gasteiger partial charge in [-0.25, -0.2) is 0 Å².